The maximum absolute atomic E-state index is 11.2. The fourth-order valence-corrected chi connectivity index (χ4v) is 3.01. The first-order valence-corrected chi connectivity index (χ1v) is 10.0. The third kappa shape index (κ3) is 7.47. The molecule has 160 valence electrons. The number of carbonyl (C=O) groups is 4. The molecule has 0 unspecified atom stereocenters. The molecule has 0 saturated carbocycles. The molecule has 0 radical (unpaired) electrons. The zero-order chi connectivity index (χ0) is 22.8. The fraction of sp³-hybridized carbons (Fsp3) is 0.222. The van der Waals surface area contributed by atoms with Crippen LogP contribution in [0.1, 0.15) is 42.0 Å². The monoisotopic (exact) mass is 642 g/mol. The molecule has 0 fully saturated rings. The van der Waals surface area contributed by atoms with E-state index in [1.54, 1.807) is 0 Å². The van der Waals surface area contributed by atoms with Crippen molar-refractivity contribution in [2.75, 3.05) is 28.4 Å². The molecule has 0 atom stereocenters. The zero-order valence-electron chi connectivity index (χ0n) is 16.2. The van der Waals surface area contributed by atoms with Gasteiger partial charge in [0.15, 0.2) is 0 Å². The lowest BCUT2D eigenvalue weighted by atomic mass is 10.3. The van der Waals surface area contributed by atoms with Crippen LogP contribution in [0.5, 0.6) is 0 Å². The summed E-state index contributed by atoms with van der Waals surface area (Å²) in [5.41, 5.74) is 0.351. The lowest BCUT2D eigenvalue weighted by Gasteiger charge is -2.02. The van der Waals surface area contributed by atoms with Gasteiger partial charge < -0.3 is 18.9 Å². The largest absolute Gasteiger partial charge is 0.464 e. The summed E-state index contributed by atoms with van der Waals surface area (Å²) in [4.78, 5) is 52.4. The van der Waals surface area contributed by atoms with Crippen molar-refractivity contribution in [1.29, 1.82) is 0 Å². The van der Waals surface area contributed by atoms with Crippen molar-refractivity contribution in [2.24, 2.45) is 0 Å². The van der Waals surface area contributed by atoms with E-state index in [1.807, 2.05) is 45.2 Å². The molecule has 0 aliphatic carbocycles. The first-order valence-electron chi connectivity index (χ1n) is 7.85. The predicted octanol–water partition coefficient (Wildman–Crippen LogP) is 2.52. The fourth-order valence-electron chi connectivity index (χ4n) is 1.83. The Labute approximate surface area is 198 Å². The number of carbonyl (C=O) groups excluding carboxylic acids is 4. The molecule has 30 heavy (non-hydrogen) atoms. The highest BCUT2D eigenvalue weighted by Gasteiger charge is 2.15. The standard InChI is InChI=1S/2C9H8INO4/c2*1-14-8(12)6-3-5(10)4-7(11-6)9(13)15-2/h2*3-4H,1-2H3. The summed E-state index contributed by atoms with van der Waals surface area (Å²) in [5.74, 6) is -2.34. The number of methoxy groups -OCH3 is 4. The summed E-state index contributed by atoms with van der Waals surface area (Å²) in [6, 6.07) is 6.11. The number of pyridine rings is 2. The Kier molecular flexibility index (Phi) is 10.6. The lowest BCUT2D eigenvalue weighted by Crippen LogP contribution is -2.11. The molecule has 0 aliphatic rings. The Hall–Kier alpha value is -2.36. The smallest absolute Gasteiger partial charge is 0.356 e. The molecule has 0 amide bonds. The topological polar surface area (TPSA) is 131 Å². The Morgan fingerprint density at radius 3 is 0.933 bits per heavy atom. The Balaban J connectivity index is 0.000000300. The van der Waals surface area contributed by atoms with Crippen molar-refractivity contribution < 1.29 is 38.1 Å². The summed E-state index contributed by atoms with van der Waals surface area (Å²) < 4.78 is 19.4. The molecule has 2 aromatic heterocycles. The van der Waals surface area contributed by atoms with Crippen LogP contribution in [0.4, 0.5) is 0 Å². The van der Waals surface area contributed by atoms with E-state index in [-0.39, 0.29) is 22.8 Å². The molecule has 0 aromatic carbocycles. The van der Waals surface area contributed by atoms with Gasteiger partial charge >= 0.3 is 23.9 Å². The molecule has 12 heteroatoms. The zero-order valence-corrected chi connectivity index (χ0v) is 20.5. The molecule has 10 nitrogen and oxygen atoms in total. The van der Waals surface area contributed by atoms with Crippen LogP contribution in [-0.4, -0.2) is 62.3 Å². The molecule has 0 bridgehead atoms. The molecule has 0 spiro atoms. The van der Waals surface area contributed by atoms with Crippen molar-refractivity contribution in [1.82, 2.24) is 9.97 Å². The van der Waals surface area contributed by atoms with Crippen LogP contribution in [0.3, 0.4) is 0 Å². The third-order valence-electron chi connectivity index (χ3n) is 3.16. The van der Waals surface area contributed by atoms with Gasteiger partial charge in [-0.25, -0.2) is 29.1 Å². The summed E-state index contributed by atoms with van der Waals surface area (Å²) in [6.45, 7) is 0. The normalized spacial score (nSPS) is 9.53. The number of nitrogens with zero attached hydrogens (tertiary/aromatic N) is 2. The highest BCUT2D eigenvalue weighted by Crippen LogP contribution is 2.11. The van der Waals surface area contributed by atoms with Crippen LogP contribution < -0.4 is 0 Å². The molecule has 0 saturated heterocycles. The highest BCUT2D eigenvalue weighted by molar-refractivity contribution is 14.1. The quantitative estimate of drug-likeness (QED) is 0.279. The second-order valence-electron chi connectivity index (χ2n) is 5.08. The number of rotatable bonds is 4. The van der Waals surface area contributed by atoms with Gasteiger partial charge in [-0.2, -0.15) is 0 Å². The van der Waals surface area contributed by atoms with Gasteiger partial charge in [-0.1, -0.05) is 0 Å². The van der Waals surface area contributed by atoms with Crippen molar-refractivity contribution in [3.05, 3.63) is 54.2 Å². The first kappa shape index (κ1) is 25.7. The number of aromatic nitrogens is 2. The van der Waals surface area contributed by atoms with E-state index in [1.165, 1.54) is 52.7 Å². The van der Waals surface area contributed by atoms with Crippen LogP contribution in [0.15, 0.2) is 24.3 Å². The molecular weight excluding hydrogens is 626 g/mol. The minimum Gasteiger partial charge on any atom is -0.464 e. The van der Waals surface area contributed by atoms with Gasteiger partial charge in [0, 0.05) is 7.14 Å². The van der Waals surface area contributed by atoms with E-state index in [2.05, 4.69) is 28.9 Å². The minimum atomic E-state index is -0.585. The first-order chi connectivity index (χ1) is 14.2. The number of ether oxygens (including phenoxy) is 4. The van der Waals surface area contributed by atoms with Crippen LogP contribution >= 0.6 is 45.2 Å². The number of hydrogen-bond acceptors (Lipinski definition) is 10. The Morgan fingerprint density at radius 2 is 0.767 bits per heavy atom. The number of hydrogen-bond donors (Lipinski definition) is 0. The average Bonchev–Trinajstić information content (AvgIpc) is 2.76. The maximum Gasteiger partial charge on any atom is 0.356 e. The van der Waals surface area contributed by atoms with Gasteiger partial charge in [0.2, 0.25) is 0 Å². The Morgan fingerprint density at radius 1 is 0.567 bits per heavy atom. The van der Waals surface area contributed by atoms with Crippen molar-refractivity contribution in [3.8, 4) is 0 Å². The van der Waals surface area contributed by atoms with E-state index in [4.69, 9.17) is 0 Å². The van der Waals surface area contributed by atoms with E-state index >= 15 is 0 Å². The predicted molar refractivity (Wildman–Crippen MR) is 119 cm³/mol. The van der Waals surface area contributed by atoms with Crippen molar-refractivity contribution in [3.63, 3.8) is 0 Å². The van der Waals surface area contributed by atoms with Gasteiger partial charge in [-0.3, -0.25) is 0 Å². The highest BCUT2D eigenvalue weighted by atomic mass is 127. The summed E-state index contributed by atoms with van der Waals surface area (Å²) in [6.07, 6.45) is 0. The van der Waals surface area contributed by atoms with Crippen molar-refractivity contribution in [2.45, 2.75) is 0 Å². The van der Waals surface area contributed by atoms with E-state index in [0.717, 1.165) is 0 Å². The van der Waals surface area contributed by atoms with Crippen LogP contribution in [0, 0.1) is 7.14 Å². The Bertz CT molecular complexity index is 819. The SMILES string of the molecule is COC(=O)c1cc(I)cc(C(=O)OC)n1.COC(=O)c1cc(I)cc(C(=O)OC)n1. The molecule has 2 rings (SSSR count). The van der Waals surface area contributed by atoms with Gasteiger partial charge in [-0.05, 0) is 69.4 Å². The summed E-state index contributed by atoms with van der Waals surface area (Å²) >= 11 is 3.95. The maximum atomic E-state index is 11.2. The van der Waals surface area contributed by atoms with E-state index < -0.39 is 23.9 Å². The lowest BCUT2D eigenvalue weighted by molar-refractivity contribution is 0.0568. The number of halogens is 2. The number of esters is 4. The van der Waals surface area contributed by atoms with Gasteiger partial charge in [0.25, 0.3) is 0 Å². The second-order valence-corrected chi connectivity index (χ2v) is 7.57. The molecule has 2 aromatic rings. The summed E-state index contributed by atoms with van der Waals surface area (Å²) in [5, 5.41) is 0. The average molecular weight is 642 g/mol. The van der Waals surface area contributed by atoms with Crippen molar-refractivity contribution >= 4 is 69.1 Å². The molecule has 0 aliphatic heterocycles. The van der Waals surface area contributed by atoms with Crippen LogP contribution in [0.2, 0.25) is 0 Å². The van der Waals surface area contributed by atoms with E-state index in [0.29, 0.717) is 7.14 Å². The van der Waals surface area contributed by atoms with Crippen LogP contribution in [0.25, 0.3) is 0 Å². The minimum absolute atomic E-state index is 0.0878. The molecule has 0 N–H and O–H groups in total. The second kappa shape index (κ2) is 12.4. The molecule has 2 heterocycles. The molecular formula is C18H16I2N2O8. The summed E-state index contributed by atoms with van der Waals surface area (Å²) in [7, 11) is 5.01. The van der Waals surface area contributed by atoms with E-state index in [9.17, 15) is 19.2 Å². The van der Waals surface area contributed by atoms with Gasteiger partial charge in [0.1, 0.15) is 22.8 Å². The van der Waals surface area contributed by atoms with Gasteiger partial charge in [0.05, 0.1) is 28.4 Å². The van der Waals surface area contributed by atoms with Crippen LogP contribution in [-0.2, 0) is 18.9 Å². The third-order valence-corrected chi connectivity index (χ3v) is 4.40. The van der Waals surface area contributed by atoms with Gasteiger partial charge in [-0.15, -0.1) is 0 Å².